The minimum atomic E-state index is -0.106. The summed E-state index contributed by atoms with van der Waals surface area (Å²) in [6.45, 7) is 2.32. The number of allylic oxidation sites excluding steroid dienone is 2. The number of benzene rings is 2. The van der Waals surface area contributed by atoms with Crippen LogP contribution in [0, 0.1) is 0 Å². The van der Waals surface area contributed by atoms with Crippen LogP contribution >= 0.6 is 11.6 Å². The Morgan fingerprint density at radius 2 is 1.97 bits per heavy atom. The number of carbonyl (C=O) groups is 1. The molecular formula is C26H24ClNO5. The summed E-state index contributed by atoms with van der Waals surface area (Å²) in [7, 11) is 3.09. The molecule has 3 aromatic rings. The van der Waals surface area contributed by atoms with Gasteiger partial charge in [-0.3, -0.25) is 4.79 Å². The fraction of sp³-hybridized carbons (Fsp3) is 0.192. The van der Waals surface area contributed by atoms with Crippen molar-refractivity contribution < 1.29 is 23.8 Å². The lowest BCUT2D eigenvalue weighted by molar-refractivity contribution is -0.120. The number of hydrogen-bond acceptors (Lipinski definition) is 5. The molecular weight excluding hydrogens is 442 g/mol. The summed E-state index contributed by atoms with van der Waals surface area (Å²) in [6.07, 6.45) is 3.77. The Labute approximate surface area is 197 Å². The van der Waals surface area contributed by atoms with Crippen LogP contribution in [-0.4, -0.2) is 25.2 Å². The molecule has 1 aliphatic carbocycles. The van der Waals surface area contributed by atoms with Gasteiger partial charge in [0.15, 0.2) is 11.5 Å². The van der Waals surface area contributed by atoms with Gasteiger partial charge < -0.3 is 24.3 Å². The van der Waals surface area contributed by atoms with Crippen molar-refractivity contribution in [2.75, 3.05) is 14.2 Å². The Kier molecular flexibility index (Phi) is 6.47. The number of halogens is 1. The van der Waals surface area contributed by atoms with Gasteiger partial charge in [0, 0.05) is 0 Å². The summed E-state index contributed by atoms with van der Waals surface area (Å²) in [6, 6.07) is 12.8. The fourth-order valence-corrected chi connectivity index (χ4v) is 4.16. The van der Waals surface area contributed by atoms with E-state index in [1.165, 1.54) is 7.11 Å². The van der Waals surface area contributed by atoms with Crippen LogP contribution in [0.1, 0.15) is 35.8 Å². The zero-order chi connectivity index (χ0) is 23.5. The van der Waals surface area contributed by atoms with Crippen LogP contribution in [0.25, 0.3) is 17.2 Å². The Balaban J connectivity index is 1.71. The summed E-state index contributed by atoms with van der Waals surface area (Å²) in [5, 5.41) is 13.2. The van der Waals surface area contributed by atoms with Crippen molar-refractivity contribution in [3.63, 3.8) is 0 Å². The van der Waals surface area contributed by atoms with Gasteiger partial charge in [0.25, 0.3) is 0 Å². The first-order valence-corrected chi connectivity index (χ1v) is 10.7. The van der Waals surface area contributed by atoms with Gasteiger partial charge >= 0.3 is 0 Å². The Morgan fingerprint density at radius 3 is 2.67 bits per heavy atom. The number of ether oxygens (including phenoxy) is 2. The van der Waals surface area contributed by atoms with Gasteiger partial charge in [0.1, 0.15) is 11.5 Å². The van der Waals surface area contributed by atoms with E-state index in [1.54, 1.807) is 31.6 Å². The van der Waals surface area contributed by atoms with E-state index in [9.17, 15) is 9.90 Å². The second-order valence-corrected chi connectivity index (χ2v) is 8.07. The molecule has 2 aromatic carbocycles. The predicted octanol–water partition coefficient (Wildman–Crippen LogP) is 5.69. The maximum Gasteiger partial charge on any atom is 0.224 e. The summed E-state index contributed by atoms with van der Waals surface area (Å²) in [5.74, 6) is 1.50. The number of methoxy groups -OCH3 is 2. The number of carbonyl (C=O) groups excluding carboxylic acids is 1. The van der Waals surface area contributed by atoms with E-state index in [2.05, 4.69) is 5.32 Å². The van der Waals surface area contributed by atoms with Crippen molar-refractivity contribution in [2.24, 2.45) is 0 Å². The fourth-order valence-electron chi connectivity index (χ4n) is 3.94. The molecule has 0 aliphatic heterocycles. The number of nitrogens with one attached hydrogen (secondary N) is 1. The van der Waals surface area contributed by atoms with Crippen molar-refractivity contribution in [1.82, 2.24) is 5.32 Å². The summed E-state index contributed by atoms with van der Waals surface area (Å²) < 4.78 is 15.9. The molecule has 4 rings (SSSR count). The summed E-state index contributed by atoms with van der Waals surface area (Å²) in [5.41, 5.74) is 5.58. The monoisotopic (exact) mass is 465 g/mol. The number of furan rings is 1. The first-order chi connectivity index (χ1) is 15.9. The van der Waals surface area contributed by atoms with E-state index < -0.39 is 0 Å². The number of aromatic hydroxyl groups is 1. The Morgan fingerprint density at radius 1 is 1.15 bits per heavy atom. The molecule has 2 N–H and O–H groups in total. The number of phenolic OH excluding ortho intramolecular Hbond substituents is 1. The zero-order valence-corrected chi connectivity index (χ0v) is 19.3. The Hall–Kier alpha value is -3.64. The van der Waals surface area contributed by atoms with Crippen molar-refractivity contribution in [2.45, 2.75) is 19.9 Å². The number of fused-ring (bicyclic) bond motifs is 1. The molecule has 33 heavy (non-hydrogen) atoms. The third kappa shape index (κ3) is 4.61. The third-order valence-corrected chi connectivity index (χ3v) is 5.95. The van der Waals surface area contributed by atoms with Crippen LogP contribution in [-0.2, 0) is 11.3 Å². The third-order valence-electron chi connectivity index (χ3n) is 5.66. The molecule has 0 atom stereocenters. The maximum atomic E-state index is 12.7. The van der Waals surface area contributed by atoms with Crippen molar-refractivity contribution in [1.29, 1.82) is 0 Å². The lowest BCUT2D eigenvalue weighted by atomic mass is 10.00. The van der Waals surface area contributed by atoms with Gasteiger partial charge in [-0.2, -0.15) is 0 Å². The van der Waals surface area contributed by atoms with E-state index in [0.29, 0.717) is 23.8 Å². The summed E-state index contributed by atoms with van der Waals surface area (Å²) in [4.78, 5) is 12.7. The molecule has 0 saturated carbocycles. The lowest BCUT2D eigenvalue weighted by Crippen LogP contribution is -2.22. The molecule has 0 unspecified atom stereocenters. The molecule has 0 saturated heterocycles. The molecule has 0 spiro atoms. The minimum Gasteiger partial charge on any atom is -0.503 e. The van der Waals surface area contributed by atoms with Gasteiger partial charge in [0.05, 0.1) is 38.5 Å². The standard InChI is InChI=1S/C26H24ClNO5/c1-15-20(9-16-10-23(27)26(30)24(11-16)32-3)19-7-6-17(31-2)12-22(19)21(15)13-25(29)28-14-18-5-4-8-33-18/h4-12,30H,13-14H2,1-3H3,(H,28,29)/b20-9-. The van der Waals surface area contributed by atoms with Gasteiger partial charge in [0.2, 0.25) is 5.91 Å². The second kappa shape index (κ2) is 9.46. The number of amides is 1. The van der Waals surface area contributed by atoms with Crippen molar-refractivity contribution in [3.8, 4) is 17.2 Å². The van der Waals surface area contributed by atoms with Gasteiger partial charge in [-0.15, -0.1) is 0 Å². The lowest BCUT2D eigenvalue weighted by Gasteiger charge is -2.09. The maximum absolute atomic E-state index is 12.7. The molecule has 1 aliphatic rings. The molecule has 1 heterocycles. The van der Waals surface area contributed by atoms with Crippen LogP contribution in [0.4, 0.5) is 0 Å². The largest absolute Gasteiger partial charge is 0.503 e. The minimum absolute atomic E-state index is 0.0981. The van der Waals surface area contributed by atoms with E-state index in [-0.39, 0.29) is 23.1 Å². The second-order valence-electron chi connectivity index (χ2n) is 7.66. The molecule has 1 aromatic heterocycles. The topological polar surface area (TPSA) is 80.9 Å². The van der Waals surface area contributed by atoms with Crippen LogP contribution < -0.4 is 14.8 Å². The molecule has 0 radical (unpaired) electrons. The molecule has 0 bridgehead atoms. The Bertz CT molecular complexity index is 1260. The van der Waals surface area contributed by atoms with Crippen molar-refractivity contribution >= 4 is 34.7 Å². The average Bonchev–Trinajstić information content (AvgIpc) is 3.42. The first-order valence-electron chi connectivity index (χ1n) is 10.4. The van der Waals surface area contributed by atoms with E-state index in [4.69, 9.17) is 25.5 Å². The van der Waals surface area contributed by atoms with Crippen molar-refractivity contribution in [3.05, 3.63) is 81.8 Å². The van der Waals surface area contributed by atoms with E-state index >= 15 is 0 Å². The smallest absolute Gasteiger partial charge is 0.224 e. The molecule has 0 fully saturated rings. The highest BCUT2D eigenvalue weighted by atomic mass is 35.5. The zero-order valence-electron chi connectivity index (χ0n) is 18.6. The van der Waals surface area contributed by atoms with Crippen LogP contribution in [0.15, 0.2) is 58.7 Å². The number of phenols is 1. The average molecular weight is 466 g/mol. The normalized spacial score (nSPS) is 13.9. The van der Waals surface area contributed by atoms with Gasteiger partial charge in [-0.25, -0.2) is 0 Å². The van der Waals surface area contributed by atoms with E-state index in [0.717, 1.165) is 33.4 Å². The number of hydrogen-bond donors (Lipinski definition) is 2. The molecule has 7 heteroatoms. The highest BCUT2D eigenvalue weighted by molar-refractivity contribution is 6.32. The van der Waals surface area contributed by atoms with Gasteiger partial charge in [-0.05, 0) is 82.8 Å². The molecule has 6 nitrogen and oxygen atoms in total. The highest BCUT2D eigenvalue weighted by Gasteiger charge is 2.26. The van der Waals surface area contributed by atoms with E-state index in [1.807, 2.05) is 37.3 Å². The van der Waals surface area contributed by atoms with Crippen LogP contribution in [0.5, 0.6) is 17.2 Å². The van der Waals surface area contributed by atoms with Crippen LogP contribution in [0.3, 0.4) is 0 Å². The predicted molar refractivity (Wildman–Crippen MR) is 128 cm³/mol. The van der Waals surface area contributed by atoms with Gasteiger partial charge in [-0.1, -0.05) is 17.7 Å². The number of rotatable bonds is 7. The highest BCUT2D eigenvalue weighted by Crippen LogP contribution is 2.45. The van der Waals surface area contributed by atoms with Crippen LogP contribution in [0.2, 0.25) is 5.02 Å². The summed E-state index contributed by atoms with van der Waals surface area (Å²) >= 11 is 6.19. The SMILES string of the molecule is COc1ccc2c(c1)C(CC(=O)NCc1ccco1)=C(C)/C2=C/c1cc(Cl)c(O)c(OC)c1. The molecule has 1 amide bonds. The first kappa shape index (κ1) is 22.6. The molecule has 170 valence electrons. The quantitative estimate of drug-likeness (QED) is 0.468.